The van der Waals surface area contributed by atoms with Gasteiger partial charge in [-0.15, -0.1) is 11.3 Å². The molecule has 0 aliphatic heterocycles. The van der Waals surface area contributed by atoms with Crippen molar-refractivity contribution in [1.29, 1.82) is 0 Å². The van der Waals surface area contributed by atoms with Gasteiger partial charge in [-0.25, -0.2) is 4.98 Å². The highest BCUT2D eigenvalue weighted by Gasteiger charge is 2.22. The Balaban J connectivity index is 1.55. The fraction of sp³-hybridized carbons (Fsp3) is 0.556. The Morgan fingerprint density at radius 2 is 2.25 bits per heavy atom. The maximum atomic E-state index is 12.2. The van der Waals surface area contributed by atoms with Crippen LogP contribution in [0.15, 0.2) is 22.5 Å². The molecule has 6 heteroatoms. The summed E-state index contributed by atoms with van der Waals surface area (Å²) >= 11 is 3.14. The molecule has 2 atom stereocenters. The van der Waals surface area contributed by atoms with Crippen LogP contribution in [0, 0.1) is 5.92 Å². The van der Waals surface area contributed by atoms with Crippen LogP contribution in [-0.4, -0.2) is 29.3 Å². The lowest BCUT2D eigenvalue weighted by Crippen LogP contribution is -2.41. The number of thiazole rings is 1. The predicted molar refractivity (Wildman–Crippen MR) is 101 cm³/mol. The normalized spacial score (nSPS) is 20.9. The van der Waals surface area contributed by atoms with E-state index in [0.717, 1.165) is 26.7 Å². The van der Waals surface area contributed by atoms with Crippen LogP contribution in [-0.2, 0) is 4.79 Å². The van der Waals surface area contributed by atoms with Crippen LogP contribution < -0.4 is 10.1 Å². The molecule has 24 heavy (non-hydrogen) atoms. The van der Waals surface area contributed by atoms with Gasteiger partial charge in [0.1, 0.15) is 5.75 Å². The van der Waals surface area contributed by atoms with Crippen molar-refractivity contribution in [3.63, 3.8) is 0 Å². The van der Waals surface area contributed by atoms with Crippen molar-refractivity contribution < 1.29 is 9.53 Å². The molecule has 4 nitrogen and oxygen atoms in total. The minimum atomic E-state index is 0.119. The molecule has 2 aromatic rings. The molecule has 0 radical (unpaired) electrons. The number of fused-ring (bicyclic) bond motifs is 1. The van der Waals surface area contributed by atoms with Gasteiger partial charge >= 0.3 is 0 Å². The molecular formula is C18H24N2O2S2. The number of carbonyl (C=O) groups is 1. The second kappa shape index (κ2) is 8.21. The van der Waals surface area contributed by atoms with Crippen molar-refractivity contribution in [2.75, 3.05) is 12.4 Å². The van der Waals surface area contributed by atoms with Crippen LogP contribution in [0.1, 0.15) is 39.5 Å². The van der Waals surface area contributed by atoms with E-state index in [4.69, 9.17) is 4.74 Å². The maximum absolute atomic E-state index is 12.2. The molecule has 1 N–H and O–H groups in total. The molecule has 0 saturated heterocycles. The first-order valence-electron chi connectivity index (χ1n) is 8.61. The van der Waals surface area contributed by atoms with E-state index in [1.165, 1.54) is 31.0 Å². The van der Waals surface area contributed by atoms with E-state index < -0.39 is 0 Å². The number of benzene rings is 1. The Kier molecular flexibility index (Phi) is 6.00. The van der Waals surface area contributed by atoms with Gasteiger partial charge in [-0.05, 0) is 43.9 Å². The molecule has 1 aliphatic carbocycles. The van der Waals surface area contributed by atoms with Gasteiger partial charge in [0.25, 0.3) is 0 Å². The summed E-state index contributed by atoms with van der Waals surface area (Å²) in [6, 6.07) is 6.28. The van der Waals surface area contributed by atoms with E-state index in [1.807, 2.05) is 25.1 Å². The van der Waals surface area contributed by atoms with Crippen molar-refractivity contribution in [3.05, 3.63) is 18.2 Å². The number of thioether (sulfide) groups is 1. The summed E-state index contributed by atoms with van der Waals surface area (Å²) in [4.78, 5) is 16.8. The second-order valence-corrected chi connectivity index (χ2v) is 8.52. The summed E-state index contributed by atoms with van der Waals surface area (Å²) in [7, 11) is 0. The van der Waals surface area contributed by atoms with Crippen LogP contribution in [0.4, 0.5) is 0 Å². The summed E-state index contributed by atoms with van der Waals surface area (Å²) in [6.45, 7) is 4.87. The summed E-state index contributed by atoms with van der Waals surface area (Å²) < 4.78 is 7.56. The van der Waals surface area contributed by atoms with Gasteiger partial charge in [0, 0.05) is 6.04 Å². The molecule has 1 aromatic heterocycles. The van der Waals surface area contributed by atoms with Gasteiger partial charge < -0.3 is 10.1 Å². The van der Waals surface area contributed by atoms with Crippen LogP contribution in [0.25, 0.3) is 10.2 Å². The third-order valence-electron chi connectivity index (χ3n) is 4.44. The zero-order valence-corrected chi connectivity index (χ0v) is 15.8. The highest BCUT2D eigenvalue weighted by Crippen LogP contribution is 2.32. The molecule has 0 unspecified atom stereocenters. The molecular weight excluding hydrogens is 340 g/mol. The standard InChI is InChI=1S/C18H24N2O2S2/c1-3-22-13-8-9-15-16(10-13)24-18(20-15)23-11-17(21)19-14-7-5-4-6-12(14)2/h8-10,12,14H,3-7,11H2,1-2H3,(H,19,21)/t12-,14-/m1/s1. The lowest BCUT2D eigenvalue weighted by Gasteiger charge is -2.29. The monoisotopic (exact) mass is 364 g/mol. The van der Waals surface area contributed by atoms with Crippen molar-refractivity contribution in [2.45, 2.75) is 49.9 Å². The van der Waals surface area contributed by atoms with Crippen LogP contribution >= 0.6 is 23.1 Å². The van der Waals surface area contributed by atoms with Gasteiger partial charge in [-0.3, -0.25) is 4.79 Å². The number of nitrogens with one attached hydrogen (secondary N) is 1. The average Bonchev–Trinajstić information content (AvgIpc) is 2.98. The zero-order valence-electron chi connectivity index (χ0n) is 14.2. The van der Waals surface area contributed by atoms with Crippen molar-refractivity contribution in [2.24, 2.45) is 5.92 Å². The largest absolute Gasteiger partial charge is 0.494 e. The van der Waals surface area contributed by atoms with E-state index in [0.29, 0.717) is 24.3 Å². The second-order valence-electron chi connectivity index (χ2n) is 6.27. The van der Waals surface area contributed by atoms with Crippen molar-refractivity contribution in [1.82, 2.24) is 10.3 Å². The Hall–Kier alpha value is -1.27. The Labute approximate surface area is 151 Å². The Morgan fingerprint density at radius 1 is 1.42 bits per heavy atom. The van der Waals surface area contributed by atoms with Crippen molar-refractivity contribution >= 4 is 39.2 Å². The first-order chi connectivity index (χ1) is 11.7. The van der Waals surface area contributed by atoms with E-state index in [2.05, 4.69) is 17.2 Å². The molecule has 1 amide bonds. The molecule has 1 aromatic carbocycles. The molecule has 0 bridgehead atoms. The summed E-state index contributed by atoms with van der Waals surface area (Å²) in [5, 5.41) is 3.20. The number of hydrogen-bond donors (Lipinski definition) is 1. The highest BCUT2D eigenvalue weighted by molar-refractivity contribution is 8.01. The van der Waals surface area contributed by atoms with E-state index >= 15 is 0 Å². The maximum Gasteiger partial charge on any atom is 0.230 e. The molecule has 0 spiro atoms. The Bertz CT molecular complexity index is 701. The zero-order chi connectivity index (χ0) is 16.9. The minimum Gasteiger partial charge on any atom is -0.494 e. The lowest BCUT2D eigenvalue weighted by molar-refractivity contribution is -0.119. The Morgan fingerprint density at radius 3 is 3.04 bits per heavy atom. The summed E-state index contributed by atoms with van der Waals surface area (Å²) in [6.07, 6.45) is 4.84. The SMILES string of the molecule is CCOc1ccc2nc(SCC(=O)N[C@@H]3CCCC[C@H]3C)sc2c1. The van der Waals surface area contributed by atoms with E-state index in [-0.39, 0.29) is 5.91 Å². The molecule has 1 saturated carbocycles. The molecule has 1 aliphatic rings. The topological polar surface area (TPSA) is 51.2 Å². The first-order valence-corrected chi connectivity index (χ1v) is 10.4. The number of amides is 1. The third kappa shape index (κ3) is 4.42. The predicted octanol–water partition coefficient (Wildman–Crippen LogP) is 4.48. The molecule has 1 heterocycles. The number of ether oxygens (including phenoxy) is 1. The minimum absolute atomic E-state index is 0.119. The first kappa shape index (κ1) is 17.5. The van der Waals surface area contributed by atoms with Crippen LogP contribution in [0.3, 0.4) is 0 Å². The van der Waals surface area contributed by atoms with E-state index in [1.54, 1.807) is 11.3 Å². The van der Waals surface area contributed by atoms with Gasteiger partial charge in [0.15, 0.2) is 4.34 Å². The van der Waals surface area contributed by atoms with Gasteiger partial charge in [0.05, 0.1) is 22.6 Å². The number of hydrogen-bond acceptors (Lipinski definition) is 5. The quantitative estimate of drug-likeness (QED) is 0.768. The fourth-order valence-electron chi connectivity index (χ4n) is 3.11. The fourth-order valence-corrected chi connectivity index (χ4v) is 5.02. The van der Waals surface area contributed by atoms with Gasteiger partial charge in [0.2, 0.25) is 5.91 Å². The van der Waals surface area contributed by atoms with E-state index in [9.17, 15) is 4.79 Å². The van der Waals surface area contributed by atoms with Gasteiger partial charge in [-0.2, -0.15) is 0 Å². The molecule has 3 rings (SSSR count). The lowest BCUT2D eigenvalue weighted by atomic mass is 9.86. The van der Waals surface area contributed by atoms with Crippen LogP contribution in [0.5, 0.6) is 5.75 Å². The highest BCUT2D eigenvalue weighted by atomic mass is 32.2. The smallest absolute Gasteiger partial charge is 0.230 e. The summed E-state index contributed by atoms with van der Waals surface area (Å²) in [5.41, 5.74) is 0.965. The van der Waals surface area contributed by atoms with Gasteiger partial charge in [-0.1, -0.05) is 31.5 Å². The van der Waals surface area contributed by atoms with Crippen molar-refractivity contribution in [3.8, 4) is 5.75 Å². The molecule has 130 valence electrons. The number of aromatic nitrogens is 1. The molecule has 1 fully saturated rings. The van der Waals surface area contributed by atoms with Crippen LogP contribution in [0.2, 0.25) is 0 Å². The number of carbonyl (C=O) groups excluding carboxylic acids is 1. The number of nitrogens with zero attached hydrogens (tertiary/aromatic N) is 1. The average molecular weight is 365 g/mol. The third-order valence-corrected chi connectivity index (χ3v) is 6.60. The number of rotatable bonds is 6. The summed E-state index contributed by atoms with van der Waals surface area (Å²) in [5.74, 6) is 2.01.